The minimum Gasteiger partial charge on any atom is -0.326 e. The van der Waals surface area contributed by atoms with Crippen LogP contribution in [-0.4, -0.2) is 48.3 Å². The number of para-hydroxylation sites is 1. The molecule has 0 saturated carbocycles. The van der Waals surface area contributed by atoms with E-state index in [1.807, 2.05) is 61.5 Å². The molecule has 0 spiro atoms. The molecule has 0 bridgehead atoms. The Bertz CT molecular complexity index is 1070. The highest BCUT2D eigenvalue weighted by Crippen LogP contribution is 2.28. The molecule has 1 unspecified atom stereocenters. The number of aromatic nitrogens is 6. The zero-order chi connectivity index (χ0) is 19.5. The maximum Gasteiger partial charge on any atom is 0.272 e. The van der Waals surface area contributed by atoms with E-state index in [4.69, 9.17) is 0 Å². The summed E-state index contributed by atoms with van der Waals surface area (Å²) in [5, 5.41) is 19.0. The Morgan fingerprint density at radius 1 is 1.07 bits per heavy atom. The van der Waals surface area contributed by atoms with Gasteiger partial charge in [0.2, 0.25) is 0 Å². The molecular formula is C20H19N7O. The summed E-state index contributed by atoms with van der Waals surface area (Å²) in [6.45, 7) is 2.00. The first kappa shape index (κ1) is 17.6. The van der Waals surface area contributed by atoms with Crippen LogP contribution in [0.2, 0.25) is 0 Å². The van der Waals surface area contributed by atoms with Crippen LogP contribution in [-0.2, 0) is 0 Å². The normalized spacial score (nSPS) is 11.9. The van der Waals surface area contributed by atoms with Crippen molar-refractivity contribution >= 4 is 5.91 Å². The van der Waals surface area contributed by atoms with Gasteiger partial charge in [-0.15, -0.1) is 5.10 Å². The van der Waals surface area contributed by atoms with Crippen LogP contribution in [0.25, 0.3) is 5.69 Å². The van der Waals surface area contributed by atoms with Gasteiger partial charge in [0.15, 0.2) is 5.82 Å². The SMILES string of the molecule is Cc1ccccc1-n1nnnc1C(c1ccccc1)N(C)C(=O)c1ccn[nH]1. The molecule has 0 radical (unpaired) electrons. The molecule has 2 aromatic carbocycles. The lowest BCUT2D eigenvalue weighted by atomic mass is 10.0. The van der Waals surface area contributed by atoms with Crippen molar-refractivity contribution in [1.29, 1.82) is 0 Å². The second kappa shape index (κ2) is 7.43. The van der Waals surface area contributed by atoms with Gasteiger partial charge in [0.1, 0.15) is 11.7 Å². The van der Waals surface area contributed by atoms with E-state index in [1.165, 1.54) is 0 Å². The average Bonchev–Trinajstić information content (AvgIpc) is 3.41. The molecule has 1 amide bonds. The molecule has 2 heterocycles. The molecule has 28 heavy (non-hydrogen) atoms. The number of nitrogens with zero attached hydrogens (tertiary/aromatic N) is 6. The summed E-state index contributed by atoms with van der Waals surface area (Å²) in [5.74, 6) is 0.349. The number of hydrogen-bond acceptors (Lipinski definition) is 5. The fourth-order valence-electron chi connectivity index (χ4n) is 3.20. The molecule has 140 valence electrons. The predicted molar refractivity (Wildman–Crippen MR) is 103 cm³/mol. The molecule has 0 aliphatic rings. The van der Waals surface area contributed by atoms with Crippen molar-refractivity contribution in [2.45, 2.75) is 13.0 Å². The van der Waals surface area contributed by atoms with Crippen LogP contribution in [0.5, 0.6) is 0 Å². The first-order chi connectivity index (χ1) is 13.7. The highest BCUT2D eigenvalue weighted by Gasteiger charge is 2.30. The van der Waals surface area contributed by atoms with E-state index < -0.39 is 6.04 Å². The first-order valence-corrected chi connectivity index (χ1v) is 8.82. The van der Waals surface area contributed by atoms with Crippen LogP contribution in [0.1, 0.15) is 33.5 Å². The number of benzene rings is 2. The highest BCUT2D eigenvalue weighted by atomic mass is 16.2. The van der Waals surface area contributed by atoms with Crippen molar-refractivity contribution < 1.29 is 4.79 Å². The lowest BCUT2D eigenvalue weighted by Gasteiger charge is -2.27. The van der Waals surface area contributed by atoms with Gasteiger partial charge in [-0.25, -0.2) is 0 Å². The number of rotatable bonds is 5. The third-order valence-corrected chi connectivity index (χ3v) is 4.64. The third-order valence-electron chi connectivity index (χ3n) is 4.64. The molecular weight excluding hydrogens is 354 g/mol. The fraction of sp³-hybridized carbons (Fsp3) is 0.150. The van der Waals surface area contributed by atoms with Gasteiger partial charge in [0, 0.05) is 13.2 Å². The summed E-state index contributed by atoms with van der Waals surface area (Å²) in [6, 6.07) is 18.7. The summed E-state index contributed by atoms with van der Waals surface area (Å²) in [6.07, 6.45) is 1.55. The molecule has 0 saturated heterocycles. The zero-order valence-electron chi connectivity index (χ0n) is 15.5. The standard InChI is InChI=1S/C20H19N7O/c1-14-8-6-7-11-17(14)27-19(23-24-25-27)18(15-9-4-3-5-10-15)26(2)20(28)16-12-13-21-22-16/h3-13,18H,1-2H3,(H,21,22). The Balaban J connectivity index is 1.83. The van der Waals surface area contributed by atoms with Crippen LogP contribution in [0.4, 0.5) is 0 Å². The number of carbonyl (C=O) groups excluding carboxylic acids is 1. The summed E-state index contributed by atoms with van der Waals surface area (Å²) in [7, 11) is 1.73. The smallest absolute Gasteiger partial charge is 0.272 e. The quantitative estimate of drug-likeness (QED) is 0.580. The Hall–Kier alpha value is -3.81. The molecule has 0 aliphatic heterocycles. The zero-order valence-corrected chi connectivity index (χ0v) is 15.5. The van der Waals surface area contributed by atoms with Crippen molar-refractivity contribution in [2.75, 3.05) is 7.05 Å². The number of nitrogens with one attached hydrogen (secondary N) is 1. The molecule has 1 atom stereocenters. The van der Waals surface area contributed by atoms with Gasteiger partial charge < -0.3 is 4.90 Å². The average molecular weight is 373 g/mol. The number of tetrazole rings is 1. The second-order valence-electron chi connectivity index (χ2n) is 6.43. The molecule has 4 rings (SSSR count). The highest BCUT2D eigenvalue weighted by molar-refractivity contribution is 5.92. The molecule has 0 fully saturated rings. The van der Waals surface area contributed by atoms with E-state index in [-0.39, 0.29) is 5.91 Å². The fourth-order valence-corrected chi connectivity index (χ4v) is 3.20. The van der Waals surface area contributed by atoms with E-state index in [9.17, 15) is 4.79 Å². The van der Waals surface area contributed by atoms with Crippen molar-refractivity contribution in [3.8, 4) is 5.69 Å². The molecule has 0 aliphatic carbocycles. The summed E-state index contributed by atoms with van der Waals surface area (Å²) >= 11 is 0. The molecule has 2 aromatic heterocycles. The monoisotopic (exact) mass is 373 g/mol. The minimum atomic E-state index is -0.480. The molecule has 1 N–H and O–H groups in total. The largest absolute Gasteiger partial charge is 0.326 e. The maximum absolute atomic E-state index is 13.0. The van der Waals surface area contributed by atoms with Crippen LogP contribution < -0.4 is 0 Å². The van der Waals surface area contributed by atoms with Gasteiger partial charge >= 0.3 is 0 Å². The van der Waals surface area contributed by atoms with E-state index in [2.05, 4.69) is 25.7 Å². The summed E-state index contributed by atoms with van der Waals surface area (Å²) in [4.78, 5) is 14.6. The lowest BCUT2D eigenvalue weighted by Crippen LogP contribution is -2.34. The van der Waals surface area contributed by atoms with E-state index in [0.717, 1.165) is 16.8 Å². The number of carbonyl (C=O) groups is 1. The van der Waals surface area contributed by atoms with Crippen molar-refractivity contribution in [3.63, 3.8) is 0 Å². The van der Waals surface area contributed by atoms with Crippen molar-refractivity contribution in [3.05, 3.63) is 89.5 Å². The number of aryl methyl sites for hydroxylation is 1. The Kier molecular flexibility index (Phi) is 4.67. The molecule has 4 aromatic rings. The third kappa shape index (κ3) is 3.16. The summed E-state index contributed by atoms with van der Waals surface area (Å²) < 4.78 is 1.68. The van der Waals surface area contributed by atoms with Crippen LogP contribution in [0.15, 0.2) is 66.9 Å². The number of hydrogen-bond donors (Lipinski definition) is 1. The van der Waals surface area contributed by atoms with Gasteiger partial charge in [-0.3, -0.25) is 9.89 Å². The van der Waals surface area contributed by atoms with Gasteiger partial charge in [-0.1, -0.05) is 48.5 Å². The van der Waals surface area contributed by atoms with Gasteiger partial charge in [0.25, 0.3) is 5.91 Å². The van der Waals surface area contributed by atoms with Gasteiger partial charge in [-0.05, 0) is 40.6 Å². The maximum atomic E-state index is 13.0. The Labute approximate surface area is 161 Å². The number of H-pyrrole nitrogens is 1. The van der Waals surface area contributed by atoms with Crippen LogP contribution in [0, 0.1) is 6.92 Å². The molecule has 8 nitrogen and oxygen atoms in total. The topological polar surface area (TPSA) is 92.6 Å². The Morgan fingerprint density at radius 2 is 1.82 bits per heavy atom. The first-order valence-electron chi connectivity index (χ1n) is 8.82. The van der Waals surface area contributed by atoms with Gasteiger partial charge in [-0.2, -0.15) is 9.78 Å². The lowest BCUT2D eigenvalue weighted by molar-refractivity contribution is 0.0742. The van der Waals surface area contributed by atoms with Crippen molar-refractivity contribution in [1.82, 2.24) is 35.3 Å². The van der Waals surface area contributed by atoms with Crippen molar-refractivity contribution in [2.24, 2.45) is 0 Å². The van der Waals surface area contributed by atoms with E-state index in [0.29, 0.717) is 11.5 Å². The Morgan fingerprint density at radius 3 is 2.54 bits per heavy atom. The summed E-state index contributed by atoms with van der Waals surface area (Å²) in [5.41, 5.74) is 3.21. The second-order valence-corrected chi connectivity index (χ2v) is 6.43. The number of amides is 1. The predicted octanol–water partition coefficient (Wildman–Crippen LogP) is 2.56. The minimum absolute atomic E-state index is 0.203. The van der Waals surface area contributed by atoms with Crippen LogP contribution in [0.3, 0.4) is 0 Å². The number of aromatic amines is 1. The van der Waals surface area contributed by atoms with E-state index in [1.54, 1.807) is 28.9 Å². The van der Waals surface area contributed by atoms with Crippen LogP contribution >= 0.6 is 0 Å². The van der Waals surface area contributed by atoms with E-state index >= 15 is 0 Å². The molecule has 8 heteroatoms. The van der Waals surface area contributed by atoms with Gasteiger partial charge in [0.05, 0.1) is 5.69 Å².